The van der Waals surface area contributed by atoms with Crippen molar-refractivity contribution in [1.82, 2.24) is 0 Å². The van der Waals surface area contributed by atoms with Crippen molar-refractivity contribution in [2.75, 3.05) is 23.8 Å². The number of unbranched alkanes of at least 4 members (excludes halogenated alkanes) is 2. The van der Waals surface area contributed by atoms with Crippen molar-refractivity contribution in [1.29, 1.82) is 0 Å². The van der Waals surface area contributed by atoms with Crippen molar-refractivity contribution in [2.24, 2.45) is 0 Å². The van der Waals surface area contributed by atoms with Gasteiger partial charge in [-0.2, -0.15) is 0 Å². The molecule has 0 aromatic heterocycles. The maximum absolute atomic E-state index is 12.9. The number of benzene rings is 3. The number of rotatable bonds is 12. The van der Waals surface area contributed by atoms with Gasteiger partial charge < -0.3 is 20.1 Å². The summed E-state index contributed by atoms with van der Waals surface area (Å²) in [7, 11) is 0. The van der Waals surface area contributed by atoms with E-state index in [1.54, 1.807) is 42.5 Å². The van der Waals surface area contributed by atoms with Gasteiger partial charge in [-0.25, -0.2) is 0 Å². The number of anilines is 2. The summed E-state index contributed by atoms with van der Waals surface area (Å²) in [6.07, 6.45) is 3.46. The summed E-state index contributed by atoms with van der Waals surface area (Å²) in [5, 5.41) is 5.76. The minimum Gasteiger partial charge on any atom is -0.490 e. The lowest BCUT2D eigenvalue weighted by atomic mass is 10.1. The van der Waals surface area contributed by atoms with Crippen LogP contribution in [0.25, 0.3) is 0 Å². The molecular weight excluding hydrogens is 416 g/mol. The Hall–Kier alpha value is -3.80. The standard InChI is InChI=1S/C27H30N2O4/c1-2-3-5-17-26(30)28-21-11-10-12-22(20-21)29-27(31)24-15-8-9-16-25(24)33-19-18-32-23-13-6-4-7-14-23/h4,6-16,20H,2-3,5,17-19H2,1H3,(H,28,30)(H,29,31). The summed E-state index contributed by atoms with van der Waals surface area (Å²) in [4.78, 5) is 25.0. The Balaban J connectivity index is 1.55. The molecular formula is C27H30N2O4. The van der Waals surface area contributed by atoms with Gasteiger partial charge in [0, 0.05) is 17.8 Å². The predicted molar refractivity (Wildman–Crippen MR) is 131 cm³/mol. The molecule has 2 N–H and O–H groups in total. The lowest BCUT2D eigenvalue weighted by Gasteiger charge is -2.13. The van der Waals surface area contributed by atoms with E-state index in [9.17, 15) is 9.59 Å². The van der Waals surface area contributed by atoms with Crippen LogP contribution in [0, 0.1) is 0 Å². The number of carbonyl (C=O) groups excluding carboxylic acids is 2. The number of hydrogen-bond donors (Lipinski definition) is 2. The van der Waals surface area contributed by atoms with Crippen LogP contribution in [0.3, 0.4) is 0 Å². The Morgan fingerprint density at radius 3 is 2.24 bits per heavy atom. The molecule has 0 heterocycles. The molecule has 0 radical (unpaired) electrons. The van der Waals surface area contributed by atoms with Crippen LogP contribution in [0.15, 0.2) is 78.9 Å². The number of para-hydroxylation sites is 2. The molecule has 33 heavy (non-hydrogen) atoms. The van der Waals surface area contributed by atoms with Crippen molar-refractivity contribution in [3.8, 4) is 11.5 Å². The predicted octanol–water partition coefficient (Wildman–Crippen LogP) is 5.92. The summed E-state index contributed by atoms with van der Waals surface area (Å²) < 4.78 is 11.4. The molecule has 3 rings (SSSR count). The molecule has 0 unspecified atom stereocenters. The number of carbonyl (C=O) groups is 2. The van der Waals surface area contributed by atoms with Gasteiger partial charge in [0.25, 0.3) is 5.91 Å². The van der Waals surface area contributed by atoms with Gasteiger partial charge in [0.1, 0.15) is 24.7 Å². The Morgan fingerprint density at radius 1 is 0.758 bits per heavy atom. The van der Waals surface area contributed by atoms with Gasteiger partial charge in [-0.1, -0.05) is 56.2 Å². The molecule has 0 aliphatic heterocycles. The second-order valence-corrected chi connectivity index (χ2v) is 7.55. The van der Waals surface area contributed by atoms with Gasteiger partial charge in [-0.3, -0.25) is 9.59 Å². The largest absolute Gasteiger partial charge is 0.490 e. The summed E-state index contributed by atoms with van der Waals surface area (Å²) >= 11 is 0. The van der Waals surface area contributed by atoms with Crippen molar-refractivity contribution < 1.29 is 19.1 Å². The van der Waals surface area contributed by atoms with Gasteiger partial charge in [-0.05, 0) is 48.9 Å². The average Bonchev–Trinajstić information content (AvgIpc) is 2.83. The molecule has 6 nitrogen and oxygen atoms in total. The highest BCUT2D eigenvalue weighted by atomic mass is 16.5. The van der Waals surface area contributed by atoms with E-state index in [1.165, 1.54) is 0 Å². The first-order valence-electron chi connectivity index (χ1n) is 11.3. The second kappa shape index (κ2) is 12.9. The highest BCUT2D eigenvalue weighted by molar-refractivity contribution is 6.06. The number of nitrogens with one attached hydrogen (secondary N) is 2. The summed E-state index contributed by atoms with van der Waals surface area (Å²) in [5.74, 6) is 0.931. The van der Waals surface area contributed by atoms with Crippen LogP contribution in [0.5, 0.6) is 11.5 Å². The Labute approximate surface area is 194 Å². The van der Waals surface area contributed by atoms with Gasteiger partial charge >= 0.3 is 0 Å². The van der Waals surface area contributed by atoms with Crippen LogP contribution in [0.2, 0.25) is 0 Å². The molecule has 0 saturated carbocycles. The molecule has 0 spiro atoms. The van der Waals surface area contributed by atoms with Crippen LogP contribution in [-0.4, -0.2) is 25.0 Å². The van der Waals surface area contributed by atoms with E-state index in [0.29, 0.717) is 42.3 Å². The van der Waals surface area contributed by atoms with Crippen molar-refractivity contribution in [3.63, 3.8) is 0 Å². The molecule has 3 aromatic rings. The van der Waals surface area contributed by atoms with E-state index in [-0.39, 0.29) is 11.8 Å². The molecule has 0 aliphatic rings. The van der Waals surface area contributed by atoms with Gasteiger partial charge in [0.05, 0.1) is 5.56 Å². The molecule has 3 aromatic carbocycles. The number of amides is 2. The average molecular weight is 447 g/mol. The SMILES string of the molecule is CCCCCC(=O)Nc1cccc(NC(=O)c2ccccc2OCCOc2ccccc2)c1. The topological polar surface area (TPSA) is 76.7 Å². The van der Waals surface area contributed by atoms with E-state index < -0.39 is 0 Å². The smallest absolute Gasteiger partial charge is 0.259 e. The fourth-order valence-corrected chi connectivity index (χ4v) is 3.24. The van der Waals surface area contributed by atoms with Crippen LogP contribution in [0.1, 0.15) is 43.0 Å². The molecule has 0 saturated heterocycles. The third kappa shape index (κ3) is 8.00. The van der Waals surface area contributed by atoms with Crippen LogP contribution in [-0.2, 0) is 4.79 Å². The number of hydrogen-bond acceptors (Lipinski definition) is 4. The quantitative estimate of drug-likeness (QED) is 0.339. The number of ether oxygens (including phenoxy) is 2. The lowest BCUT2D eigenvalue weighted by Crippen LogP contribution is -2.16. The van der Waals surface area contributed by atoms with Crippen molar-refractivity contribution >= 4 is 23.2 Å². The van der Waals surface area contributed by atoms with Crippen LogP contribution < -0.4 is 20.1 Å². The monoisotopic (exact) mass is 446 g/mol. The highest BCUT2D eigenvalue weighted by Crippen LogP contribution is 2.21. The van der Waals surface area contributed by atoms with Crippen LogP contribution >= 0.6 is 0 Å². The first kappa shape index (κ1) is 23.9. The normalized spacial score (nSPS) is 10.3. The molecule has 0 fully saturated rings. The Kier molecular flexibility index (Phi) is 9.33. The highest BCUT2D eigenvalue weighted by Gasteiger charge is 2.13. The minimum absolute atomic E-state index is 0.0246. The Morgan fingerprint density at radius 2 is 1.45 bits per heavy atom. The van der Waals surface area contributed by atoms with E-state index in [0.717, 1.165) is 25.0 Å². The molecule has 0 bridgehead atoms. The van der Waals surface area contributed by atoms with Crippen molar-refractivity contribution in [2.45, 2.75) is 32.6 Å². The van der Waals surface area contributed by atoms with Crippen LogP contribution in [0.4, 0.5) is 11.4 Å². The maximum atomic E-state index is 12.9. The molecule has 0 aliphatic carbocycles. The zero-order valence-corrected chi connectivity index (χ0v) is 18.9. The summed E-state index contributed by atoms with van der Waals surface area (Å²) in [6, 6.07) is 23.7. The lowest BCUT2D eigenvalue weighted by molar-refractivity contribution is -0.116. The fraction of sp³-hybridized carbons (Fsp3) is 0.259. The zero-order chi connectivity index (χ0) is 23.3. The van der Waals surface area contributed by atoms with E-state index in [2.05, 4.69) is 17.6 Å². The first-order valence-corrected chi connectivity index (χ1v) is 11.3. The summed E-state index contributed by atoms with van der Waals surface area (Å²) in [5.41, 5.74) is 1.66. The Bertz CT molecular complexity index is 1040. The van der Waals surface area contributed by atoms with Gasteiger partial charge in [-0.15, -0.1) is 0 Å². The molecule has 172 valence electrons. The molecule has 0 atom stereocenters. The minimum atomic E-state index is -0.291. The van der Waals surface area contributed by atoms with Gasteiger partial charge in [0.2, 0.25) is 5.91 Å². The molecule has 2 amide bonds. The van der Waals surface area contributed by atoms with Crippen molar-refractivity contribution in [3.05, 3.63) is 84.4 Å². The van der Waals surface area contributed by atoms with E-state index in [1.807, 2.05) is 36.4 Å². The summed E-state index contributed by atoms with van der Waals surface area (Å²) in [6.45, 7) is 2.77. The second-order valence-electron chi connectivity index (χ2n) is 7.55. The van der Waals surface area contributed by atoms with E-state index >= 15 is 0 Å². The third-order valence-corrected chi connectivity index (χ3v) is 4.90. The zero-order valence-electron chi connectivity index (χ0n) is 18.9. The molecule has 6 heteroatoms. The maximum Gasteiger partial charge on any atom is 0.259 e. The third-order valence-electron chi connectivity index (χ3n) is 4.90. The van der Waals surface area contributed by atoms with Gasteiger partial charge in [0.15, 0.2) is 0 Å². The van der Waals surface area contributed by atoms with E-state index in [4.69, 9.17) is 9.47 Å². The fourth-order valence-electron chi connectivity index (χ4n) is 3.24. The first-order chi connectivity index (χ1) is 16.2.